The summed E-state index contributed by atoms with van der Waals surface area (Å²) in [7, 11) is 1.61. The fraction of sp³-hybridized carbons (Fsp3) is 0.217. The molecule has 3 heterocycles. The van der Waals surface area contributed by atoms with E-state index >= 15 is 0 Å². The fourth-order valence-corrected chi connectivity index (χ4v) is 4.20. The number of nitrogens with one attached hydrogen (secondary N) is 1. The maximum atomic E-state index is 12.0. The van der Waals surface area contributed by atoms with Crippen molar-refractivity contribution in [2.75, 3.05) is 23.9 Å². The quantitative estimate of drug-likeness (QED) is 0.515. The second-order valence-electron chi connectivity index (χ2n) is 7.55. The summed E-state index contributed by atoms with van der Waals surface area (Å²) in [6.45, 7) is 0.740. The van der Waals surface area contributed by atoms with E-state index in [2.05, 4.69) is 20.3 Å². The second-order valence-corrected chi connectivity index (χ2v) is 7.55. The number of nitrogens with two attached hydrogens (primary N) is 1. The largest absolute Gasteiger partial charge is 0.495 e. The van der Waals surface area contributed by atoms with E-state index in [1.54, 1.807) is 13.3 Å². The highest BCUT2D eigenvalue weighted by Gasteiger charge is 2.31. The molecule has 1 amide bonds. The lowest BCUT2D eigenvalue weighted by molar-refractivity contribution is -0.119. The molecule has 8 nitrogen and oxygen atoms in total. The summed E-state index contributed by atoms with van der Waals surface area (Å²) in [4.78, 5) is 27.2. The topological polar surface area (TPSA) is 106 Å². The minimum atomic E-state index is -0.347. The molecule has 8 heteroatoms. The standard InChI is InChI=1S/C23H22N6O2/c1-31-21-12-18-16(11-20(21)29-9-3-5-19(29)22(24)30)23(27-13-26-18)28-15-6-7-17-14(10-15)4-2-8-25-17/h2,4,6-8,10-13,19H,3,5,9H2,1H3,(H2,24,30)(H,26,27,28). The molecule has 1 aliphatic heterocycles. The van der Waals surface area contributed by atoms with Gasteiger partial charge in [0.1, 0.15) is 23.9 Å². The molecule has 0 aliphatic carbocycles. The van der Waals surface area contributed by atoms with E-state index in [1.165, 1.54) is 6.33 Å². The van der Waals surface area contributed by atoms with Gasteiger partial charge in [-0.15, -0.1) is 0 Å². The SMILES string of the molecule is COc1cc2ncnc(Nc3ccc4ncccc4c3)c2cc1N1CCCC1C(N)=O. The number of benzene rings is 2. The molecule has 4 aromatic rings. The Bertz CT molecular complexity index is 1290. The van der Waals surface area contributed by atoms with Gasteiger partial charge in [0, 0.05) is 35.3 Å². The number of nitrogens with zero attached hydrogens (tertiary/aromatic N) is 4. The van der Waals surface area contributed by atoms with Gasteiger partial charge < -0.3 is 20.7 Å². The molecule has 1 unspecified atom stereocenters. The Morgan fingerprint density at radius 2 is 2.06 bits per heavy atom. The fourth-order valence-electron chi connectivity index (χ4n) is 4.20. The van der Waals surface area contributed by atoms with Crippen LogP contribution in [0.15, 0.2) is 55.0 Å². The van der Waals surface area contributed by atoms with Crippen LogP contribution >= 0.6 is 0 Å². The van der Waals surface area contributed by atoms with Gasteiger partial charge in [0.2, 0.25) is 5.91 Å². The molecule has 2 aromatic carbocycles. The van der Waals surface area contributed by atoms with Crippen LogP contribution in [0.4, 0.5) is 17.2 Å². The number of rotatable bonds is 5. The van der Waals surface area contributed by atoms with Gasteiger partial charge in [0.25, 0.3) is 0 Å². The van der Waals surface area contributed by atoms with Crippen LogP contribution in [0.25, 0.3) is 21.8 Å². The Labute approximate surface area is 179 Å². The van der Waals surface area contributed by atoms with Gasteiger partial charge in [-0.05, 0) is 43.2 Å². The number of pyridine rings is 1. The number of aromatic nitrogens is 3. The molecular weight excluding hydrogens is 392 g/mol. The van der Waals surface area contributed by atoms with Crippen LogP contribution in [-0.2, 0) is 4.79 Å². The zero-order valence-electron chi connectivity index (χ0n) is 17.1. The second kappa shape index (κ2) is 7.71. The van der Waals surface area contributed by atoms with Gasteiger partial charge in [0.05, 0.1) is 23.8 Å². The smallest absolute Gasteiger partial charge is 0.240 e. The molecule has 1 saturated heterocycles. The molecule has 5 rings (SSSR count). The Morgan fingerprint density at radius 3 is 2.90 bits per heavy atom. The Kier molecular flexibility index (Phi) is 4.74. The third-order valence-corrected chi connectivity index (χ3v) is 5.69. The first-order valence-electron chi connectivity index (χ1n) is 10.1. The lowest BCUT2D eigenvalue weighted by atomic mass is 10.1. The summed E-state index contributed by atoms with van der Waals surface area (Å²) in [5.41, 5.74) is 9.03. The van der Waals surface area contributed by atoms with Gasteiger partial charge in [-0.25, -0.2) is 9.97 Å². The lowest BCUT2D eigenvalue weighted by Crippen LogP contribution is -2.40. The Hall–Kier alpha value is -3.94. The molecule has 3 N–H and O–H groups in total. The van der Waals surface area contributed by atoms with Gasteiger partial charge in [-0.3, -0.25) is 9.78 Å². The number of ether oxygens (including phenoxy) is 1. The molecule has 1 fully saturated rings. The monoisotopic (exact) mass is 414 g/mol. The van der Waals surface area contributed by atoms with Crippen molar-refractivity contribution < 1.29 is 9.53 Å². The highest BCUT2D eigenvalue weighted by molar-refractivity contribution is 5.96. The molecule has 1 aliphatic rings. The first kappa shape index (κ1) is 19.0. The molecular formula is C23H22N6O2. The zero-order valence-corrected chi connectivity index (χ0v) is 17.1. The number of carbonyl (C=O) groups is 1. The van der Waals surface area contributed by atoms with Crippen LogP contribution in [0.2, 0.25) is 0 Å². The Balaban J connectivity index is 1.59. The number of anilines is 3. The van der Waals surface area contributed by atoms with Crippen LogP contribution in [0.1, 0.15) is 12.8 Å². The predicted octanol–water partition coefficient (Wildman–Crippen LogP) is 3.38. The number of amides is 1. The predicted molar refractivity (Wildman–Crippen MR) is 121 cm³/mol. The molecule has 156 valence electrons. The first-order valence-corrected chi connectivity index (χ1v) is 10.1. The summed E-state index contributed by atoms with van der Waals surface area (Å²) in [6.07, 6.45) is 4.93. The molecule has 1 atom stereocenters. The highest BCUT2D eigenvalue weighted by atomic mass is 16.5. The number of hydrogen-bond acceptors (Lipinski definition) is 7. The van der Waals surface area contributed by atoms with E-state index in [9.17, 15) is 4.79 Å². The number of fused-ring (bicyclic) bond motifs is 2. The van der Waals surface area contributed by atoms with Crippen molar-refractivity contribution in [3.05, 3.63) is 55.0 Å². The number of methoxy groups -OCH3 is 1. The van der Waals surface area contributed by atoms with Crippen LogP contribution < -0.4 is 20.7 Å². The average molecular weight is 414 g/mol. The van der Waals surface area contributed by atoms with Crippen LogP contribution in [0.5, 0.6) is 5.75 Å². The molecule has 0 spiro atoms. The molecule has 31 heavy (non-hydrogen) atoms. The van der Waals surface area contributed by atoms with E-state index < -0.39 is 0 Å². The van der Waals surface area contributed by atoms with Crippen molar-refractivity contribution in [3.63, 3.8) is 0 Å². The van der Waals surface area contributed by atoms with E-state index in [1.807, 2.05) is 47.4 Å². The minimum absolute atomic E-state index is 0.327. The van der Waals surface area contributed by atoms with E-state index in [0.29, 0.717) is 11.6 Å². The van der Waals surface area contributed by atoms with Crippen molar-refractivity contribution in [2.24, 2.45) is 5.73 Å². The molecule has 0 radical (unpaired) electrons. The summed E-state index contributed by atoms with van der Waals surface area (Å²) in [5, 5.41) is 5.27. The van der Waals surface area contributed by atoms with Gasteiger partial charge >= 0.3 is 0 Å². The summed E-state index contributed by atoms with van der Waals surface area (Å²) in [5.74, 6) is 1.00. The summed E-state index contributed by atoms with van der Waals surface area (Å²) >= 11 is 0. The summed E-state index contributed by atoms with van der Waals surface area (Å²) in [6, 6.07) is 13.4. The average Bonchev–Trinajstić information content (AvgIpc) is 3.28. The van der Waals surface area contributed by atoms with Crippen molar-refractivity contribution in [1.82, 2.24) is 15.0 Å². The third kappa shape index (κ3) is 3.46. The molecule has 0 saturated carbocycles. The zero-order chi connectivity index (χ0) is 21.4. The van der Waals surface area contributed by atoms with Gasteiger partial charge in [0.15, 0.2) is 0 Å². The van der Waals surface area contributed by atoms with Crippen LogP contribution in [0.3, 0.4) is 0 Å². The maximum absolute atomic E-state index is 12.0. The number of carbonyl (C=O) groups excluding carboxylic acids is 1. The van der Waals surface area contributed by atoms with Gasteiger partial charge in [-0.1, -0.05) is 6.07 Å². The van der Waals surface area contributed by atoms with E-state index in [4.69, 9.17) is 10.5 Å². The van der Waals surface area contributed by atoms with Crippen molar-refractivity contribution in [1.29, 1.82) is 0 Å². The number of primary amides is 1. The van der Waals surface area contributed by atoms with Crippen molar-refractivity contribution in [2.45, 2.75) is 18.9 Å². The van der Waals surface area contributed by atoms with E-state index in [0.717, 1.165) is 52.6 Å². The molecule has 0 bridgehead atoms. The van der Waals surface area contributed by atoms with Gasteiger partial charge in [-0.2, -0.15) is 0 Å². The summed E-state index contributed by atoms with van der Waals surface area (Å²) < 4.78 is 5.62. The van der Waals surface area contributed by atoms with Crippen LogP contribution in [0, 0.1) is 0 Å². The maximum Gasteiger partial charge on any atom is 0.240 e. The highest BCUT2D eigenvalue weighted by Crippen LogP contribution is 2.38. The van der Waals surface area contributed by atoms with Crippen LogP contribution in [-0.4, -0.2) is 40.6 Å². The minimum Gasteiger partial charge on any atom is -0.495 e. The Morgan fingerprint density at radius 1 is 1.16 bits per heavy atom. The lowest BCUT2D eigenvalue weighted by Gasteiger charge is -2.26. The molecule has 2 aromatic heterocycles. The normalized spacial score (nSPS) is 16.0. The van der Waals surface area contributed by atoms with Crippen molar-refractivity contribution in [3.8, 4) is 5.75 Å². The first-order chi connectivity index (χ1) is 15.1. The third-order valence-electron chi connectivity index (χ3n) is 5.69. The van der Waals surface area contributed by atoms with Crippen molar-refractivity contribution >= 4 is 44.9 Å². The van der Waals surface area contributed by atoms with E-state index in [-0.39, 0.29) is 11.9 Å². The number of hydrogen-bond donors (Lipinski definition) is 2.